The highest BCUT2D eigenvalue weighted by Crippen LogP contribution is 2.33. The molecule has 2 rings (SSSR count). The van der Waals surface area contributed by atoms with Crippen molar-refractivity contribution in [1.82, 2.24) is 20.4 Å². The molecule has 6 heteroatoms. The largest absolute Gasteiger partial charge is 0.342 e. The molecule has 1 aliphatic heterocycles. The van der Waals surface area contributed by atoms with E-state index in [4.69, 9.17) is 4.52 Å². The number of likely N-dealkylation sites (N-methyl/N-ethyl adjacent to an activating group) is 1. The number of aromatic nitrogens is 2. The number of nitrogens with one attached hydrogen (secondary N) is 1. The molecule has 1 aromatic heterocycles. The fourth-order valence-corrected chi connectivity index (χ4v) is 2.27. The van der Waals surface area contributed by atoms with Gasteiger partial charge in [-0.1, -0.05) is 12.1 Å². The first-order chi connectivity index (χ1) is 8.55. The van der Waals surface area contributed by atoms with Crippen LogP contribution in [0.25, 0.3) is 0 Å². The van der Waals surface area contributed by atoms with E-state index >= 15 is 0 Å². The van der Waals surface area contributed by atoms with Crippen LogP contribution in [0.1, 0.15) is 31.5 Å². The summed E-state index contributed by atoms with van der Waals surface area (Å²) in [5.41, 5.74) is -0.0995. The number of amides is 1. The summed E-state index contributed by atoms with van der Waals surface area (Å²) in [5, 5.41) is 6.73. The van der Waals surface area contributed by atoms with Crippen molar-refractivity contribution in [2.75, 3.05) is 26.7 Å². The standard InChI is InChI=1S/C12H20N4O2/c1-9-14-11(18-15-9)12(2)4-6-16(7-5-12)10(17)8-13-3/h13H,4-8H2,1-3H3. The molecule has 1 fully saturated rings. The number of rotatable bonds is 3. The zero-order chi connectivity index (χ0) is 13.2. The van der Waals surface area contributed by atoms with Gasteiger partial charge in [0.1, 0.15) is 0 Å². The van der Waals surface area contributed by atoms with E-state index in [1.807, 2.05) is 11.8 Å². The average Bonchev–Trinajstić information content (AvgIpc) is 2.78. The first kappa shape index (κ1) is 13.0. The van der Waals surface area contributed by atoms with Crippen LogP contribution in [0.4, 0.5) is 0 Å². The van der Waals surface area contributed by atoms with Crippen molar-refractivity contribution in [1.29, 1.82) is 0 Å². The van der Waals surface area contributed by atoms with Gasteiger partial charge >= 0.3 is 0 Å². The molecular weight excluding hydrogens is 232 g/mol. The second-order valence-electron chi connectivity index (χ2n) is 5.12. The molecule has 0 saturated carbocycles. The maximum atomic E-state index is 11.8. The van der Waals surface area contributed by atoms with Crippen LogP contribution in [0.2, 0.25) is 0 Å². The summed E-state index contributed by atoms with van der Waals surface area (Å²) >= 11 is 0. The molecule has 1 saturated heterocycles. The lowest BCUT2D eigenvalue weighted by atomic mass is 9.80. The maximum absolute atomic E-state index is 11.8. The van der Waals surface area contributed by atoms with Crippen molar-refractivity contribution in [3.8, 4) is 0 Å². The Balaban J connectivity index is 1.99. The molecule has 0 unspecified atom stereocenters. The summed E-state index contributed by atoms with van der Waals surface area (Å²) in [6.07, 6.45) is 1.73. The zero-order valence-electron chi connectivity index (χ0n) is 11.2. The third-order valence-electron chi connectivity index (χ3n) is 3.59. The van der Waals surface area contributed by atoms with Gasteiger partial charge in [-0.15, -0.1) is 0 Å². The number of likely N-dealkylation sites (tertiary alicyclic amines) is 1. The first-order valence-corrected chi connectivity index (χ1v) is 6.28. The van der Waals surface area contributed by atoms with Gasteiger partial charge in [0.05, 0.1) is 12.0 Å². The molecule has 2 heterocycles. The van der Waals surface area contributed by atoms with Crippen LogP contribution in [0.15, 0.2) is 4.52 Å². The van der Waals surface area contributed by atoms with Gasteiger partial charge in [-0.2, -0.15) is 4.98 Å². The third kappa shape index (κ3) is 2.53. The van der Waals surface area contributed by atoms with E-state index in [0.717, 1.165) is 25.9 Å². The quantitative estimate of drug-likeness (QED) is 0.847. The molecule has 0 bridgehead atoms. The molecule has 0 aliphatic carbocycles. The van der Waals surface area contributed by atoms with Gasteiger partial charge < -0.3 is 14.7 Å². The van der Waals surface area contributed by atoms with Crippen LogP contribution < -0.4 is 5.32 Å². The van der Waals surface area contributed by atoms with E-state index in [-0.39, 0.29) is 11.3 Å². The van der Waals surface area contributed by atoms with Crippen LogP contribution in [0, 0.1) is 6.92 Å². The Labute approximate surface area is 107 Å². The second-order valence-corrected chi connectivity index (χ2v) is 5.12. The molecule has 1 aromatic rings. The zero-order valence-corrected chi connectivity index (χ0v) is 11.2. The highest BCUT2D eigenvalue weighted by Gasteiger charge is 2.37. The first-order valence-electron chi connectivity index (χ1n) is 6.28. The van der Waals surface area contributed by atoms with E-state index < -0.39 is 0 Å². The summed E-state index contributed by atoms with van der Waals surface area (Å²) in [7, 11) is 1.78. The minimum Gasteiger partial charge on any atom is -0.342 e. The van der Waals surface area contributed by atoms with Crippen molar-refractivity contribution in [3.63, 3.8) is 0 Å². The van der Waals surface area contributed by atoms with Crippen molar-refractivity contribution in [2.45, 2.75) is 32.1 Å². The summed E-state index contributed by atoms with van der Waals surface area (Å²) in [5.74, 6) is 1.52. The maximum Gasteiger partial charge on any atom is 0.236 e. The summed E-state index contributed by atoms with van der Waals surface area (Å²) < 4.78 is 5.27. The average molecular weight is 252 g/mol. The molecule has 0 radical (unpaired) electrons. The van der Waals surface area contributed by atoms with Crippen molar-refractivity contribution in [2.24, 2.45) is 0 Å². The van der Waals surface area contributed by atoms with Gasteiger partial charge in [0.25, 0.3) is 0 Å². The van der Waals surface area contributed by atoms with Gasteiger partial charge in [-0.25, -0.2) is 0 Å². The van der Waals surface area contributed by atoms with E-state index in [1.165, 1.54) is 0 Å². The fourth-order valence-electron chi connectivity index (χ4n) is 2.27. The number of hydrogen-bond acceptors (Lipinski definition) is 5. The van der Waals surface area contributed by atoms with Crippen LogP contribution in [0.3, 0.4) is 0 Å². The lowest BCUT2D eigenvalue weighted by molar-refractivity contribution is -0.131. The van der Waals surface area contributed by atoms with E-state index in [2.05, 4.69) is 22.4 Å². The monoisotopic (exact) mass is 252 g/mol. The lowest BCUT2D eigenvalue weighted by Crippen LogP contribution is -2.46. The minimum absolute atomic E-state index is 0.0995. The normalized spacial score (nSPS) is 18.9. The number of aryl methyl sites for hydroxylation is 1. The van der Waals surface area contributed by atoms with Gasteiger partial charge in [0.15, 0.2) is 5.82 Å². The Hall–Kier alpha value is -1.43. The molecule has 100 valence electrons. The predicted molar refractivity (Wildman–Crippen MR) is 66.1 cm³/mol. The van der Waals surface area contributed by atoms with E-state index in [9.17, 15) is 4.79 Å². The highest BCUT2D eigenvalue weighted by molar-refractivity contribution is 5.78. The molecule has 1 amide bonds. The summed E-state index contributed by atoms with van der Waals surface area (Å²) in [4.78, 5) is 18.0. The number of piperidine rings is 1. The van der Waals surface area contributed by atoms with Gasteiger partial charge in [0.2, 0.25) is 11.8 Å². The number of hydrogen-bond donors (Lipinski definition) is 1. The fraction of sp³-hybridized carbons (Fsp3) is 0.750. The Bertz CT molecular complexity index is 421. The highest BCUT2D eigenvalue weighted by atomic mass is 16.5. The minimum atomic E-state index is -0.0995. The van der Waals surface area contributed by atoms with Gasteiger partial charge in [0, 0.05) is 13.1 Å². The Morgan fingerprint density at radius 3 is 2.67 bits per heavy atom. The second kappa shape index (κ2) is 5.06. The summed E-state index contributed by atoms with van der Waals surface area (Å²) in [6, 6.07) is 0. The third-order valence-corrected chi connectivity index (χ3v) is 3.59. The van der Waals surface area contributed by atoms with Crippen LogP contribution in [-0.2, 0) is 10.2 Å². The van der Waals surface area contributed by atoms with E-state index in [1.54, 1.807) is 7.05 Å². The molecule has 0 spiro atoms. The van der Waals surface area contributed by atoms with E-state index in [0.29, 0.717) is 18.3 Å². The Morgan fingerprint density at radius 1 is 1.50 bits per heavy atom. The molecule has 1 aliphatic rings. The number of nitrogens with zero attached hydrogens (tertiary/aromatic N) is 3. The van der Waals surface area contributed by atoms with Crippen molar-refractivity contribution < 1.29 is 9.32 Å². The lowest BCUT2D eigenvalue weighted by Gasteiger charge is -2.36. The van der Waals surface area contributed by atoms with Gasteiger partial charge in [-0.05, 0) is 26.8 Å². The molecule has 0 atom stereocenters. The number of carbonyl (C=O) groups is 1. The Morgan fingerprint density at radius 2 is 2.17 bits per heavy atom. The van der Waals surface area contributed by atoms with Crippen molar-refractivity contribution in [3.05, 3.63) is 11.7 Å². The van der Waals surface area contributed by atoms with Crippen LogP contribution >= 0.6 is 0 Å². The van der Waals surface area contributed by atoms with Crippen LogP contribution in [0.5, 0.6) is 0 Å². The smallest absolute Gasteiger partial charge is 0.236 e. The summed E-state index contributed by atoms with van der Waals surface area (Å²) in [6.45, 7) is 5.84. The molecule has 18 heavy (non-hydrogen) atoms. The molecule has 0 aromatic carbocycles. The van der Waals surface area contributed by atoms with Gasteiger partial charge in [-0.3, -0.25) is 4.79 Å². The number of carbonyl (C=O) groups excluding carboxylic acids is 1. The molecule has 1 N–H and O–H groups in total. The molecule has 6 nitrogen and oxygen atoms in total. The van der Waals surface area contributed by atoms with Crippen molar-refractivity contribution >= 4 is 5.91 Å². The SMILES string of the molecule is CNCC(=O)N1CCC(C)(c2nc(C)no2)CC1. The molecular formula is C12H20N4O2. The predicted octanol–water partition coefficient (Wildman–Crippen LogP) is 0.478. The topological polar surface area (TPSA) is 71.3 Å². The Kier molecular flexibility index (Phi) is 3.65. The van der Waals surface area contributed by atoms with Crippen LogP contribution in [-0.4, -0.2) is 47.6 Å².